The summed E-state index contributed by atoms with van der Waals surface area (Å²) in [4.78, 5) is 11.7. The Morgan fingerprint density at radius 3 is 2.52 bits per heavy atom. The lowest BCUT2D eigenvalue weighted by atomic mass is 10.2. The third kappa shape index (κ3) is 6.65. The first-order valence-corrected chi connectivity index (χ1v) is 5.69. The van der Waals surface area contributed by atoms with Crippen molar-refractivity contribution in [3.8, 4) is 5.75 Å². The van der Waals surface area contributed by atoms with Crippen molar-refractivity contribution in [2.24, 2.45) is 5.73 Å². The maximum Gasteiger partial charge on any atom is 0.422 e. The van der Waals surface area contributed by atoms with Gasteiger partial charge in [-0.15, -0.1) is 12.4 Å². The molecule has 0 aromatic heterocycles. The lowest BCUT2D eigenvalue weighted by Crippen LogP contribution is -2.36. The van der Waals surface area contributed by atoms with Crippen LogP contribution < -0.4 is 15.8 Å². The Bertz CT molecular complexity index is 454. The fourth-order valence-electron chi connectivity index (χ4n) is 1.38. The number of nitrogens with two attached hydrogens (primary N) is 1. The van der Waals surface area contributed by atoms with Crippen LogP contribution in [0.4, 0.5) is 18.9 Å². The molecule has 0 aliphatic carbocycles. The molecule has 3 N–H and O–H groups in total. The number of hydrogen-bond donors (Lipinski definition) is 2. The second-order valence-electron chi connectivity index (χ2n) is 3.85. The maximum atomic E-state index is 12.1. The maximum absolute atomic E-state index is 12.1. The van der Waals surface area contributed by atoms with Gasteiger partial charge in [0.15, 0.2) is 6.61 Å². The molecule has 1 aromatic rings. The first-order valence-electron chi connectivity index (χ1n) is 5.69. The standard InChI is InChI=1S/C12H15F3N2O3.ClH/c1-19-10(6-16)11(18)17-8-4-2-3-5-9(8)20-7-12(13,14)15;/h2-5,10H,6-7,16H2,1H3,(H,17,18);1H. The molecule has 0 saturated carbocycles. The van der Waals surface area contributed by atoms with Gasteiger partial charge in [0.1, 0.15) is 11.9 Å². The number of rotatable bonds is 6. The summed E-state index contributed by atoms with van der Waals surface area (Å²) in [5.74, 6) is -0.636. The minimum Gasteiger partial charge on any atom is -0.482 e. The molecule has 1 atom stereocenters. The average Bonchev–Trinajstić information content (AvgIpc) is 2.38. The number of amides is 1. The molecule has 0 aliphatic heterocycles. The summed E-state index contributed by atoms with van der Waals surface area (Å²) in [7, 11) is 1.31. The summed E-state index contributed by atoms with van der Waals surface area (Å²) in [5, 5.41) is 2.41. The molecule has 21 heavy (non-hydrogen) atoms. The molecule has 120 valence electrons. The number of carbonyl (C=O) groups excluding carboxylic acids is 1. The van der Waals surface area contributed by atoms with Crippen LogP contribution in [0.15, 0.2) is 24.3 Å². The molecule has 0 radical (unpaired) electrons. The molecule has 9 heteroatoms. The first kappa shape index (κ1) is 19.5. The van der Waals surface area contributed by atoms with Crippen LogP contribution in [-0.2, 0) is 9.53 Å². The van der Waals surface area contributed by atoms with Gasteiger partial charge in [0.25, 0.3) is 5.91 Å². The van der Waals surface area contributed by atoms with Gasteiger partial charge in [-0.25, -0.2) is 0 Å². The van der Waals surface area contributed by atoms with Crippen LogP contribution in [0.5, 0.6) is 5.75 Å². The van der Waals surface area contributed by atoms with Gasteiger partial charge in [-0.3, -0.25) is 4.79 Å². The zero-order valence-electron chi connectivity index (χ0n) is 11.1. The molecule has 0 aliphatic rings. The second kappa shape index (κ2) is 8.71. The predicted molar refractivity (Wildman–Crippen MR) is 73.7 cm³/mol. The van der Waals surface area contributed by atoms with E-state index < -0.39 is 24.8 Å². The van der Waals surface area contributed by atoms with Gasteiger partial charge in [-0.2, -0.15) is 13.2 Å². The predicted octanol–water partition coefficient (Wildman–Crippen LogP) is 1.96. The van der Waals surface area contributed by atoms with E-state index in [9.17, 15) is 18.0 Å². The van der Waals surface area contributed by atoms with E-state index >= 15 is 0 Å². The number of halogens is 4. The number of ether oxygens (including phenoxy) is 2. The van der Waals surface area contributed by atoms with Crippen LogP contribution in [0.25, 0.3) is 0 Å². The van der Waals surface area contributed by atoms with Crippen LogP contribution in [0.2, 0.25) is 0 Å². The lowest BCUT2D eigenvalue weighted by Gasteiger charge is -2.16. The molecule has 0 heterocycles. The highest BCUT2D eigenvalue weighted by Gasteiger charge is 2.29. The molecule has 1 rings (SSSR count). The zero-order valence-corrected chi connectivity index (χ0v) is 12.0. The Morgan fingerprint density at radius 1 is 1.38 bits per heavy atom. The van der Waals surface area contributed by atoms with Crippen LogP contribution in [0, 0.1) is 0 Å². The van der Waals surface area contributed by atoms with Crippen molar-refractivity contribution in [2.45, 2.75) is 12.3 Å². The quantitative estimate of drug-likeness (QED) is 0.837. The van der Waals surface area contributed by atoms with Crippen molar-refractivity contribution < 1.29 is 27.4 Å². The highest BCUT2D eigenvalue weighted by Crippen LogP contribution is 2.26. The van der Waals surface area contributed by atoms with Crippen molar-refractivity contribution >= 4 is 24.0 Å². The van der Waals surface area contributed by atoms with Gasteiger partial charge < -0.3 is 20.5 Å². The lowest BCUT2D eigenvalue weighted by molar-refractivity contribution is -0.153. The summed E-state index contributed by atoms with van der Waals surface area (Å²) < 4.78 is 45.8. The monoisotopic (exact) mass is 328 g/mol. The molecule has 0 saturated heterocycles. The minimum absolute atomic E-state index is 0. The van der Waals surface area contributed by atoms with Gasteiger partial charge >= 0.3 is 6.18 Å². The summed E-state index contributed by atoms with van der Waals surface area (Å²) >= 11 is 0. The molecule has 0 bridgehead atoms. The van der Waals surface area contributed by atoms with Crippen LogP contribution >= 0.6 is 12.4 Å². The number of anilines is 1. The number of para-hydroxylation sites is 2. The highest BCUT2D eigenvalue weighted by atomic mass is 35.5. The molecule has 1 unspecified atom stereocenters. The second-order valence-corrected chi connectivity index (χ2v) is 3.85. The van der Waals surface area contributed by atoms with Gasteiger partial charge in [-0.05, 0) is 12.1 Å². The van der Waals surface area contributed by atoms with Crippen molar-refractivity contribution in [1.29, 1.82) is 0 Å². The molecule has 1 aromatic carbocycles. The van der Waals surface area contributed by atoms with Gasteiger partial charge in [0.2, 0.25) is 0 Å². The van der Waals surface area contributed by atoms with Gasteiger partial charge in [-0.1, -0.05) is 12.1 Å². The van der Waals surface area contributed by atoms with E-state index in [2.05, 4.69) is 10.1 Å². The van der Waals surface area contributed by atoms with Crippen LogP contribution in [0.3, 0.4) is 0 Å². The largest absolute Gasteiger partial charge is 0.482 e. The van der Waals surface area contributed by atoms with E-state index in [1.807, 2.05) is 0 Å². The average molecular weight is 329 g/mol. The number of carbonyl (C=O) groups is 1. The smallest absolute Gasteiger partial charge is 0.422 e. The fraction of sp³-hybridized carbons (Fsp3) is 0.417. The van der Waals surface area contributed by atoms with Gasteiger partial charge in [0, 0.05) is 13.7 Å². The Morgan fingerprint density at radius 2 is 2.00 bits per heavy atom. The number of nitrogens with one attached hydrogen (secondary N) is 1. The van der Waals surface area contributed by atoms with E-state index in [1.54, 1.807) is 6.07 Å². The van der Waals surface area contributed by atoms with Crippen molar-refractivity contribution in [3.63, 3.8) is 0 Å². The fourth-order valence-corrected chi connectivity index (χ4v) is 1.38. The first-order chi connectivity index (χ1) is 9.37. The Balaban J connectivity index is 0.00000400. The highest BCUT2D eigenvalue weighted by molar-refractivity contribution is 5.95. The third-order valence-corrected chi connectivity index (χ3v) is 2.33. The zero-order chi connectivity index (χ0) is 15.2. The molecular weight excluding hydrogens is 313 g/mol. The Kier molecular flexibility index (Phi) is 8.08. The van der Waals surface area contributed by atoms with Crippen molar-refractivity contribution in [1.82, 2.24) is 0 Å². The van der Waals surface area contributed by atoms with Crippen LogP contribution in [0.1, 0.15) is 0 Å². The van der Waals surface area contributed by atoms with Crippen LogP contribution in [-0.4, -0.2) is 38.4 Å². The molecule has 0 fully saturated rings. The summed E-state index contributed by atoms with van der Waals surface area (Å²) in [6, 6.07) is 5.80. The summed E-state index contributed by atoms with van der Waals surface area (Å²) in [6.45, 7) is -1.49. The van der Waals surface area contributed by atoms with E-state index in [0.29, 0.717) is 0 Å². The topological polar surface area (TPSA) is 73.6 Å². The van der Waals surface area contributed by atoms with E-state index in [-0.39, 0.29) is 30.4 Å². The SMILES string of the molecule is COC(CN)C(=O)Nc1ccccc1OCC(F)(F)F.Cl. The number of methoxy groups -OCH3 is 1. The normalized spacial score (nSPS) is 12.2. The third-order valence-electron chi connectivity index (χ3n) is 2.33. The Hall–Kier alpha value is -1.51. The molecular formula is C12H16ClF3N2O3. The van der Waals surface area contributed by atoms with E-state index in [1.165, 1.54) is 25.3 Å². The van der Waals surface area contributed by atoms with Gasteiger partial charge in [0.05, 0.1) is 5.69 Å². The number of alkyl halides is 3. The number of hydrogen-bond acceptors (Lipinski definition) is 4. The van der Waals surface area contributed by atoms with Crippen molar-refractivity contribution in [3.05, 3.63) is 24.3 Å². The van der Waals surface area contributed by atoms with Crippen molar-refractivity contribution in [2.75, 3.05) is 25.6 Å². The summed E-state index contributed by atoms with van der Waals surface area (Å²) in [6.07, 6.45) is -5.34. The molecule has 1 amide bonds. The number of benzene rings is 1. The minimum atomic E-state index is -4.45. The molecule has 0 spiro atoms. The Labute approximate surface area is 126 Å². The van der Waals surface area contributed by atoms with E-state index in [4.69, 9.17) is 10.5 Å². The summed E-state index contributed by atoms with van der Waals surface area (Å²) in [5.41, 5.74) is 5.45. The molecule has 5 nitrogen and oxygen atoms in total. The van der Waals surface area contributed by atoms with E-state index in [0.717, 1.165) is 0 Å².